The minimum absolute atomic E-state index is 0.656. The Morgan fingerprint density at radius 3 is 2.71 bits per heavy atom. The lowest BCUT2D eigenvalue weighted by Gasteiger charge is -2.17. The molecule has 3 atom stereocenters. The molecule has 0 spiro atoms. The van der Waals surface area contributed by atoms with Gasteiger partial charge >= 0.3 is 0 Å². The highest BCUT2D eigenvalue weighted by molar-refractivity contribution is 7.10. The maximum Gasteiger partial charge on any atom is 0.0448 e. The summed E-state index contributed by atoms with van der Waals surface area (Å²) < 4.78 is 0. The van der Waals surface area contributed by atoms with Crippen molar-refractivity contribution in [1.82, 2.24) is 5.32 Å². The first-order valence-electron chi connectivity index (χ1n) is 7.18. The van der Waals surface area contributed by atoms with E-state index in [0.29, 0.717) is 6.04 Å². The molecule has 1 N–H and O–H groups in total. The van der Waals surface area contributed by atoms with Gasteiger partial charge in [0.1, 0.15) is 0 Å². The van der Waals surface area contributed by atoms with Crippen molar-refractivity contribution in [3.8, 4) is 0 Å². The van der Waals surface area contributed by atoms with Crippen molar-refractivity contribution in [1.29, 1.82) is 0 Å². The first-order chi connectivity index (χ1) is 8.42. The quantitative estimate of drug-likeness (QED) is 0.823. The average Bonchev–Trinajstić information content (AvgIpc) is 2.83. The molecule has 0 amide bonds. The van der Waals surface area contributed by atoms with Crippen LogP contribution in [0.1, 0.15) is 49.9 Å². The summed E-state index contributed by atoms with van der Waals surface area (Å²) in [6.45, 7) is 3.43. The number of hydrogen-bond donors (Lipinski definition) is 1. The van der Waals surface area contributed by atoms with E-state index in [9.17, 15) is 0 Å². The van der Waals surface area contributed by atoms with Gasteiger partial charge in [0.25, 0.3) is 0 Å². The highest BCUT2D eigenvalue weighted by atomic mass is 32.1. The number of hydrogen-bond acceptors (Lipinski definition) is 2. The van der Waals surface area contributed by atoms with Crippen molar-refractivity contribution in [3.05, 3.63) is 22.4 Å². The molecule has 0 radical (unpaired) electrons. The summed E-state index contributed by atoms with van der Waals surface area (Å²) in [5, 5.41) is 6.02. The van der Waals surface area contributed by atoms with Crippen LogP contribution in [0.3, 0.4) is 0 Å². The molecular formula is C15H23NS. The van der Waals surface area contributed by atoms with E-state index in [1.54, 1.807) is 4.88 Å². The van der Waals surface area contributed by atoms with E-state index in [2.05, 4.69) is 29.8 Å². The van der Waals surface area contributed by atoms with E-state index in [1.165, 1.54) is 38.6 Å². The van der Waals surface area contributed by atoms with Crippen molar-refractivity contribution in [2.75, 3.05) is 6.54 Å². The van der Waals surface area contributed by atoms with Crippen LogP contribution in [0.5, 0.6) is 0 Å². The van der Waals surface area contributed by atoms with Gasteiger partial charge in [0.05, 0.1) is 0 Å². The van der Waals surface area contributed by atoms with E-state index in [-0.39, 0.29) is 0 Å². The van der Waals surface area contributed by atoms with Gasteiger partial charge in [-0.05, 0) is 55.0 Å². The van der Waals surface area contributed by atoms with Crippen molar-refractivity contribution in [2.24, 2.45) is 17.8 Å². The average molecular weight is 249 g/mol. The molecule has 0 bridgehead atoms. The molecule has 0 aliphatic heterocycles. The van der Waals surface area contributed by atoms with Gasteiger partial charge in [0, 0.05) is 10.9 Å². The third-order valence-electron chi connectivity index (χ3n) is 4.57. The molecular weight excluding hydrogens is 226 g/mol. The SMILES string of the molecule is CCCNC(c1cccs1)C1C2CCCCC21. The first kappa shape index (κ1) is 11.7. The van der Waals surface area contributed by atoms with E-state index in [4.69, 9.17) is 0 Å². The lowest BCUT2D eigenvalue weighted by molar-refractivity contribution is 0.452. The molecule has 2 heteroatoms. The summed E-state index contributed by atoms with van der Waals surface area (Å²) in [6.07, 6.45) is 7.17. The van der Waals surface area contributed by atoms with Crippen LogP contribution >= 0.6 is 11.3 Å². The molecule has 1 aromatic heterocycles. The largest absolute Gasteiger partial charge is 0.309 e. The molecule has 3 unspecified atom stereocenters. The van der Waals surface area contributed by atoms with E-state index >= 15 is 0 Å². The first-order valence-corrected chi connectivity index (χ1v) is 8.06. The van der Waals surface area contributed by atoms with Crippen LogP contribution in [-0.4, -0.2) is 6.54 Å². The molecule has 3 rings (SSSR count). The van der Waals surface area contributed by atoms with Gasteiger partial charge in [-0.25, -0.2) is 0 Å². The predicted molar refractivity (Wildman–Crippen MR) is 74.3 cm³/mol. The van der Waals surface area contributed by atoms with Crippen LogP contribution in [-0.2, 0) is 0 Å². The fourth-order valence-electron chi connectivity index (χ4n) is 3.74. The molecule has 0 saturated heterocycles. The molecule has 1 aromatic rings. The van der Waals surface area contributed by atoms with E-state index in [1.807, 2.05) is 11.3 Å². The van der Waals surface area contributed by atoms with Gasteiger partial charge in [-0.15, -0.1) is 11.3 Å². The summed E-state index contributed by atoms with van der Waals surface area (Å²) >= 11 is 1.93. The smallest absolute Gasteiger partial charge is 0.0448 e. The number of fused-ring (bicyclic) bond motifs is 1. The maximum absolute atomic E-state index is 3.80. The van der Waals surface area contributed by atoms with Crippen LogP contribution in [0, 0.1) is 17.8 Å². The van der Waals surface area contributed by atoms with Crippen LogP contribution in [0.25, 0.3) is 0 Å². The predicted octanol–water partition coefficient (Wildman–Crippen LogP) is 4.23. The van der Waals surface area contributed by atoms with Crippen molar-refractivity contribution >= 4 is 11.3 Å². The minimum atomic E-state index is 0.656. The maximum atomic E-state index is 3.80. The van der Waals surface area contributed by atoms with Gasteiger partial charge in [-0.2, -0.15) is 0 Å². The molecule has 2 aliphatic rings. The normalized spacial score (nSPS) is 33.1. The Kier molecular flexibility index (Phi) is 3.53. The Morgan fingerprint density at radius 2 is 2.12 bits per heavy atom. The third-order valence-corrected chi connectivity index (χ3v) is 5.53. The summed E-state index contributed by atoms with van der Waals surface area (Å²) in [4.78, 5) is 1.57. The molecule has 2 saturated carbocycles. The Balaban J connectivity index is 1.71. The van der Waals surface area contributed by atoms with Gasteiger partial charge in [-0.3, -0.25) is 0 Å². The van der Waals surface area contributed by atoms with Gasteiger partial charge < -0.3 is 5.32 Å². The minimum Gasteiger partial charge on any atom is -0.309 e. The van der Waals surface area contributed by atoms with Gasteiger partial charge in [0.15, 0.2) is 0 Å². The zero-order chi connectivity index (χ0) is 11.7. The highest BCUT2D eigenvalue weighted by Gasteiger charge is 2.54. The molecule has 2 aliphatic carbocycles. The van der Waals surface area contributed by atoms with E-state index in [0.717, 1.165) is 17.8 Å². The Hall–Kier alpha value is -0.340. The monoisotopic (exact) mass is 249 g/mol. The third kappa shape index (κ3) is 2.30. The second-order valence-corrected chi connectivity index (χ2v) is 6.62. The highest BCUT2D eigenvalue weighted by Crippen LogP contribution is 2.60. The Labute approximate surface area is 109 Å². The van der Waals surface area contributed by atoms with Gasteiger partial charge in [0.2, 0.25) is 0 Å². The van der Waals surface area contributed by atoms with Crippen LogP contribution in [0.15, 0.2) is 17.5 Å². The zero-order valence-electron chi connectivity index (χ0n) is 10.7. The summed E-state index contributed by atoms with van der Waals surface area (Å²) in [5.41, 5.74) is 0. The lowest BCUT2D eigenvalue weighted by Crippen LogP contribution is -2.24. The van der Waals surface area contributed by atoms with Crippen molar-refractivity contribution in [2.45, 2.75) is 45.1 Å². The summed E-state index contributed by atoms with van der Waals surface area (Å²) in [7, 11) is 0. The Morgan fingerprint density at radius 1 is 1.35 bits per heavy atom. The van der Waals surface area contributed by atoms with E-state index < -0.39 is 0 Å². The van der Waals surface area contributed by atoms with Gasteiger partial charge in [-0.1, -0.05) is 25.8 Å². The Bertz CT molecular complexity index is 334. The lowest BCUT2D eigenvalue weighted by atomic mass is 10.0. The molecule has 17 heavy (non-hydrogen) atoms. The topological polar surface area (TPSA) is 12.0 Å². The van der Waals surface area contributed by atoms with Crippen LogP contribution < -0.4 is 5.32 Å². The van der Waals surface area contributed by atoms with Crippen LogP contribution in [0.4, 0.5) is 0 Å². The summed E-state index contributed by atoms with van der Waals surface area (Å²) in [6, 6.07) is 5.18. The number of thiophene rings is 1. The van der Waals surface area contributed by atoms with Crippen LogP contribution in [0.2, 0.25) is 0 Å². The molecule has 94 valence electrons. The molecule has 2 fully saturated rings. The second kappa shape index (κ2) is 5.11. The fraction of sp³-hybridized carbons (Fsp3) is 0.733. The second-order valence-electron chi connectivity index (χ2n) is 5.64. The molecule has 0 aromatic carbocycles. The number of rotatable bonds is 5. The standard InChI is InChI=1S/C15H23NS/c1-2-9-16-15(13-8-5-10-17-13)14-11-6-3-4-7-12(11)14/h5,8,10-12,14-16H,2-4,6-7,9H2,1H3. The zero-order valence-corrected chi connectivity index (χ0v) is 11.5. The van der Waals surface area contributed by atoms with Crippen molar-refractivity contribution in [3.63, 3.8) is 0 Å². The summed E-state index contributed by atoms with van der Waals surface area (Å²) in [5.74, 6) is 3.03. The molecule has 1 heterocycles. The fourth-order valence-corrected chi connectivity index (χ4v) is 4.60. The number of nitrogens with one attached hydrogen (secondary N) is 1. The molecule has 1 nitrogen and oxygen atoms in total. The van der Waals surface area contributed by atoms with Crippen molar-refractivity contribution < 1.29 is 0 Å².